The van der Waals surface area contributed by atoms with Gasteiger partial charge in [-0.25, -0.2) is 4.79 Å². The highest BCUT2D eigenvalue weighted by Gasteiger charge is 2.42. The molecule has 1 aliphatic carbocycles. The zero-order chi connectivity index (χ0) is 27.1. The van der Waals surface area contributed by atoms with E-state index in [9.17, 15) is 19.5 Å². The van der Waals surface area contributed by atoms with Crippen LogP contribution in [0.4, 0.5) is 4.79 Å². The van der Waals surface area contributed by atoms with Crippen molar-refractivity contribution in [2.75, 3.05) is 6.61 Å². The van der Waals surface area contributed by atoms with Crippen molar-refractivity contribution in [3.05, 3.63) is 42.0 Å². The zero-order valence-electron chi connectivity index (χ0n) is 22.6. The van der Waals surface area contributed by atoms with Gasteiger partial charge in [0.05, 0.1) is 6.61 Å². The maximum absolute atomic E-state index is 13.9. The minimum Gasteiger partial charge on any atom is -0.444 e. The smallest absolute Gasteiger partial charge is 0.408 e. The van der Waals surface area contributed by atoms with Gasteiger partial charge in [0.2, 0.25) is 11.8 Å². The van der Waals surface area contributed by atoms with E-state index in [1.807, 2.05) is 39.0 Å². The van der Waals surface area contributed by atoms with Crippen molar-refractivity contribution in [1.82, 2.24) is 15.5 Å². The molecule has 2 unspecified atom stereocenters. The van der Waals surface area contributed by atoms with Crippen molar-refractivity contribution in [2.45, 2.75) is 103 Å². The van der Waals surface area contributed by atoms with Crippen LogP contribution in [0.5, 0.6) is 0 Å². The molecule has 0 saturated heterocycles. The van der Waals surface area contributed by atoms with Crippen molar-refractivity contribution in [3.63, 3.8) is 0 Å². The third-order valence-corrected chi connectivity index (χ3v) is 6.05. The number of ether oxygens (including phenoxy) is 1. The molecule has 2 rings (SSSR count). The highest BCUT2D eigenvalue weighted by molar-refractivity contribution is 5.93. The third kappa shape index (κ3) is 8.36. The van der Waals surface area contributed by atoms with Crippen LogP contribution in [-0.4, -0.2) is 57.7 Å². The maximum atomic E-state index is 13.9. The molecule has 200 valence electrons. The molecule has 0 bridgehead atoms. The van der Waals surface area contributed by atoms with E-state index in [0.29, 0.717) is 5.56 Å². The highest BCUT2D eigenvalue weighted by atomic mass is 16.6. The molecule has 1 fully saturated rings. The topological polar surface area (TPSA) is 108 Å². The highest BCUT2D eigenvalue weighted by Crippen LogP contribution is 2.31. The molecule has 1 aromatic rings. The Morgan fingerprint density at radius 3 is 2.31 bits per heavy atom. The summed E-state index contributed by atoms with van der Waals surface area (Å²) in [6.45, 7) is 13.8. The molecule has 1 saturated carbocycles. The Hall–Kier alpha value is -2.87. The molecule has 0 spiro atoms. The van der Waals surface area contributed by atoms with Gasteiger partial charge in [-0.2, -0.15) is 0 Å². The predicted molar refractivity (Wildman–Crippen MR) is 141 cm³/mol. The fraction of sp³-hybridized carbons (Fsp3) is 0.607. The van der Waals surface area contributed by atoms with Crippen LogP contribution in [-0.2, 0) is 14.3 Å². The summed E-state index contributed by atoms with van der Waals surface area (Å²) in [6.07, 6.45) is 5.91. The van der Waals surface area contributed by atoms with Gasteiger partial charge in [-0.05, 0) is 71.6 Å². The number of amides is 3. The summed E-state index contributed by atoms with van der Waals surface area (Å²) >= 11 is 0. The molecule has 1 aromatic carbocycles. The number of aliphatic hydroxyl groups is 1. The number of hydrogen-bond acceptors (Lipinski definition) is 5. The van der Waals surface area contributed by atoms with E-state index < -0.39 is 41.8 Å². The first-order chi connectivity index (χ1) is 16.8. The molecule has 0 heterocycles. The van der Waals surface area contributed by atoms with Gasteiger partial charge in [-0.15, -0.1) is 0 Å². The number of nitrogens with one attached hydrogen (secondary N) is 2. The maximum Gasteiger partial charge on any atom is 0.408 e. The Bertz CT molecular complexity index is 926. The minimum absolute atomic E-state index is 0.0433. The molecule has 0 radical (unpaired) electrons. The molecule has 1 aliphatic rings. The third-order valence-electron chi connectivity index (χ3n) is 6.05. The molecule has 0 aromatic heterocycles. The minimum atomic E-state index is -1.29. The van der Waals surface area contributed by atoms with Gasteiger partial charge in [-0.3, -0.25) is 9.59 Å². The molecule has 3 N–H and O–H groups in total. The second-order valence-corrected chi connectivity index (χ2v) is 11.4. The summed E-state index contributed by atoms with van der Waals surface area (Å²) in [4.78, 5) is 41.6. The lowest BCUT2D eigenvalue weighted by Crippen LogP contribution is -2.60. The number of nitrogens with zero attached hydrogens (tertiary/aromatic N) is 1. The number of carbonyl (C=O) groups is 3. The monoisotopic (exact) mass is 501 g/mol. The molecule has 8 heteroatoms. The Labute approximate surface area is 215 Å². The Balaban J connectivity index is 2.48. The SMILES string of the molecule is C=Cc1cccc(C(C(=O)NC2CCCCC2)N(C(=O)C(CO)NC(=O)OC(C)(C)C)C(C)(C)C)c1. The van der Waals surface area contributed by atoms with Crippen LogP contribution in [0.2, 0.25) is 0 Å². The number of benzene rings is 1. The first-order valence-corrected chi connectivity index (χ1v) is 12.7. The van der Waals surface area contributed by atoms with Crippen molar-refractivity contribution in [3.8, 4) is 0 Å². The zero-order valence-corrected chi connectivity index (χ0v) is 22.6. The summed E-state index contributed by atoms with van der Waals surface area (Å²) < 4.78 is 5.29. The fourth-order valence-corrected chi connectivity index (χ4v) is 4.45. The Morgan fingerprint density at radius 2 is 1.78 bits per heavy atom. The number of carbonyl (C=O) groups excluding carboxylic acids is 3. The van der Waals surface area contributed by atoms with Crippen LogP contribution in [0.1, 0.15) is 90.8 Å². The van der Waals surface area contributed by atoms with Crippen LogP contribution >= 0.6 is 0 Å². The molecule has 3 amide bonds. The van der Waals surface area contributed by atoms with Crippen LogP contribution in [0.15, 0.2) is 30.8 Å². The van der Waals surface area contributed by atoms with Crippen molar-refractivity contribution in [1.29, 1.82) is 0 Å². The van der Waals surface area contributed by atoms with Crippen molar-refractivity contribution in [2.24, 2.45) is 0 Å². The van der Waals surface area contributed by atoms with Gasteiger partial charge in [0.25, 0.3) is 0 Å². The van der Waals surface area contributed by atoms with E-state index in [1.54, 1.807) is 32.9 Å². The van der Waals surface area contributed by atoms with Gasteiger partial charge in [0, 0.05) is 11.6 Å². The normalized spacial score (nSPS) is 16.4. The summed E-state index contributed by atoms with van der Waals surface area (Å²) in [7, 11) is 0. The number of aliphatic hydroxyl groups excluding tert-OH is 1. The van der Waals surface area contributed by atoms with Crippen LogP contribution in [0, 0.1) is 0 Å². The summed E-state index contributed by atoms with van der Waals surface area (Å²) in [5.74, 6) is -0.871. The first-order valence-electron chi connectivity index (χ1n) is 12.7. The molecule has 2 atom stereocenters. The lowest BCUT2D eigenvalue weighted by molar-refractivity contribution is -0.149. The van der Waals surface area contributed by atoms with Crippen molar-refractivity contribution < 1.29 is 24.2 Å². The first kappa shape index (κ1) is 29.4. The van der Waals surface area contributed by atoms with Crippen LogP contribution < -0.4 is 10.6 Å². The second kappa shape index (κ2) is 12.4. The van der Waals surface area contributed by atoms with Gasteiger partial charge in [0.15, 0.2) is 0 Å². The predicted octanol–water partition coefficient (Wildman–Crippen LogP) is 4.33. The van der Waals surface area contributed by atoms with E-state index >= 15 is 0 Å². The molecule has 0 aliphatic heterocycles. The quantitative estimate of drug-likeness (QED) is 0.491. The van der Waals surface area contributed by atoms with Gasteiger partial charge in [0.1, 0.15) is 17.7 Å². The number of rotatable bonds is 8. The average Bonchev–Trinajstić information content (AvgIpc) is 2.79. The van der Waals surface area contributed by atoms with E-state index in [0.717, 1.165) is 37.7 Å². The second-order valence-electron chi connectivity index (χ2n) is 11.4. The summed E-state index contributed by atoms with van der Waals surface area (Å²) in [5.41, 5.74) is -0.156. The van der Waals surface area contributed by atoms with E-state index in [-0.39, 0.29) is 11.9 Å². The van der Waals surface area contributed by atoms with Gasteiger partial charge in [-0.1, -0.05) is 50.1 Å². The van der Waals surface area contributed by atoms with Gasteiger partial charge < -0.3 is 25.4 Å². The largest absolute Gasteiger partial charge is 0.444 e. The van der Waals surface area contributed by atoms with Crippen molar-refractivity contribution >= 4 is 24.0 Å². The molecule has 36 heavy (non-hydrogen) atoms. The fourth-order valence-electron chi connectivity index (χ4n) is 4.45. The Morgan fingerprint density at radius 1 is 1.14 bits per heavy atom. The lowest BCUT2D eigenvalue weighted by atomic mass is 9.92. The van der Waals surface area contributed by atoms with Gasteiger partial charge >= 0.3 is 6.09 Å². The summed E-state index contributed by atoms with van der Waals surface area (Å²) in [5, 5.41) is 15.7. The van der Waals surface area contributed by atoms with Crippen LogP contribution in [0.25, 0.3) is 6.08 Å². The molecular weight excluding hydrogens is 458 g/mol. The molecule has 8 nitrogen and oxygen atoms in total. The van der Waals surface area contributed by atoms with E-state index in [4.69, 9.17) is 4.74 Å². The van der Waals surface area contributed by atoms with E-state index in [2.05, 4.69) is 17.2 Å². The Kier molecular flexibility index (Phi) is 10.1. The summed E-state index contributed by atoms with van der Waals surface area (Å²) in [6, 6.07) is 5.11. The number of alkyl carbamates (subject to hydrolysis) is 1. The molecular formula is C28H43N3O5. The lowest BCUT2D eigenvalue weighted by Gasteiger charge is -2.43. The number of hydrogen-bond donors (Lipinski definition) is 3. The van der Waals surface area contributed by atoms with Crippen LogP contribution in [0.3, 0.4) is 0 Å². The average molecular weight is 502 g/mol. The standard InChI is InChI=1S/C28H43N3O5/c1-8-19-13-12-14-20(17-19)23(24(33)29-21-15-10-9-11-16-21)31(27(2,3)4)25(34)22(18-32)30-26(35)36-28(5,6)7/h8,12-14,17,21-23,32H,1,9-11,15-16,18H2,2-7H3,(H,29,33)(H,30,35). The van der Waals surface area contributed by atoms with E-state index in [1.165, 1.54) is 4.90 Å².